The molecule has 5 nitrogen and oxygen atoms in total. The lowest BCUT2D eigenvalue weighted by molar-refractivity contribution is -0.132. The van der Waals surface area contributed by atoms with E-state index in [9.17, 15) is 9.90 Å². The van der Waals surface area contributed by atoms with E-state index in [2.05, 4.69) is 41.8 Å². The zero-order chi connectivity index (χ0) is 16.3. The van der Waals surface area contributed by atoms with Crippen LogP contribution in [0.4, 0.5) is 4.79 Å². The summed E-state index contributed by atoms with van der Waals surface area (Å²) in [5, 5.41) is 15.3. The lowest BCUT2D eigenvalue weighted by Gasteiger charge is -2.40. The molecule has 1 saturated heterocycles. The average molecular weight is 318 g/mol. The Bertz CT molecular complexity index is 566. The maximum atomic E-state index is 12.1. The van der Waals surface area contributed by atoms with Gasteiger partial charge in [0.15, 0.2) is 0 Å². The predicted octanol–water partition coefficient (Wildman–Crippen LogP) is 1.59. The number of benzene rings is 1. The van der Waals surface area contributed by atoms with Gasteiger partial charge in [-0.3, -0.25) is 0 Å². The molecule has 5 heteroatoms. The van der Waals surface area contributed by atoms with Crippen LogP contribution in [0.15, 0.2) is 24.3 Å². The molecule has 3 rings (SSSR count). The first kappa shape index (κ1) is 16.3. The van der Waals surface area contributed by atoms with Crippen molar-refractivity contribution in [2.75, 3.05) is 32.9 Å². The lowest BCUT2D eigenvalue weighted by Crippen LogP contribution is -2.55. The molecule has 1 unspecified atom stereocenters. The first-order chi connectivity index (χ1) is 11.1. The molecule has 1 aliphatic heterocycles. The van der Waals surface area contributed by atoms with Gasteiger partial charge in [0.05, 0.1) is 25.2 Å². The minimum absolute atomic E-state index is 0.0135. The number of aryl methyl sites for hydroxylation is 1. The summed E-state index contributed by atoms with van der Waals surface area (Å²) in [5.74, 6) is 0. The number of hydrogen-bond donors (Lipinski definition) is 3. The third-order valence-electron chi connectivity index (χ3n) is 5.26. The second kappa shape index (κ2) is 6.49. The van der Waals surface area contributed by atoms with Gasteiger partial charge in [-0.1, -0.05) is 31.2 Å². The van der Waals surface area contributed by atoms with Crippen molar-refractivity contribution < 1.29 is 14.6 Å². The number of aliphatic hydroxyl groups is 1. The van der Waals surface area contributed by atoms with Crippen molar-refractivity contribution in [1.82, 2.24) is 10.6 Å². The van der Waals surface area contributed by atoms with Crippen molar-refractivity contribution in [3.8, 4) is 0 Å². The lowest BCUT2D eigenvalue weighted by atomic mass is 9.71. The quantitative estimate of drug-likeness (QED) is 0.772. The van der Waals surface area contributed by atoms with E-state index >= 15 is 0 Å². The number of aliphatic hydroxyl groups excluding tert-OH is 1. The topological polar surface area (TPSA) is 70.6 Å². The van der Waals surface area contributed by atoms with Crippen molar-refractivity contribution in [3.05, 3.63) is 35.4 Å². The van der Waals surface area contributed by atoms with Crippen molar-refractivity contribution in [2.24, 2.45) is 5.41 Å². The second-order valence-corrected chi connectivity index (χ2v) is 7.26. The maximum absolute atomic E-state index is 12.1. The van der Waals surface area contributed by atoms with Crippen LogP contribution in [0.3, 0.4) is 0 Å². The summed E-state index contributed by atoms with van der Waals surface area (Å²) in [6, 6.07) is 8.35. The van der Waals surface area contributed by atoms with Gasteiger partial charge in [0.25, 0.3) is 0 Å². The summed E-state index contributed by atoms with van der Waals surface area (Å²) < 4.78 is 5.14. The Morgan fingerprint density at radius 3 is 2.70 bits per heavy atom. The molecule has 1 atom stereocenters. The third-order valence-corrected chi connectivity index (χ3v) is 5.26. The van der Waals surface area contributed by atoms with Gasteiger partial charge >= 0.3 is 6.03 Å². The van der Waals surface area contributed by atoms with Gasteiger partial charge in [0.2, 0.25) is 0 Å². The van der Waals surface area contributed by atoms with E-state index < -0.39 is 0 Å². The van der Waals surface area contributed by atoms with Crippen molar-refractivity contribution >= 4 is 6.03 Å². The Morgan fingerprint density at radius 2 is 2.00 bits per heavy atom. The highest BCUT2D eigenvalue weighted by Gasteiger charge is 2.38. The number of hydrogen-bond acceptors (Lipinski definition) is 3. The predicted molar refractivity (Wildman–Crippen MR) is 88.5 cm³/mol. The fourth-order valence-corrected chi connectivity index (χ4v) is 3.56. The van der Waals surface area contributed by atoms with E-state index in [0.29, 0.717) is 26.3 Å². The minimum atomic E-state index is -0.293. The molecule has 1 aromatic carbocycles. The van der Waals surface area contributed by atoms with Crippen LogP contribution in [0.25, 0.3) is 0 Å². The van der Waals surface area contributed by atoms with Crippen LogP contribution in [-0.4, -0.2) is 44.0 Å². The highest BCUT2D eigenvalue weighted by Crippen LogP contribution is 2.36. The van der Waals surface area contributed by atoms with Gasteiger partial charge in [0.1, 0.15) is 0 Å². The summed E-state index contributed by atoms with van der Waals surface area (Å²) in [6.07, 6.45) is 3.36. The normalized spacial score (nSPS) is 25.1. The van der Waals surface area contributed by atoms with Gasteiger partial charge in [-0.15, -0.1) is 0 Å². The van der Waals surface area contributed by atoms with Gasteiger partial charge in [0, 0.05) is 18.5 Å². The van der Waals surface area contributed by atoms with Crippen LogP contribution in [0.2, 0.25) is 0 Å². The molecule has 1 aliphatic carbocycles. The van der Waals surface area contributed by atoms with Crippen LogP contribution in [0.5, 0.6) is 0 Å². The van der Waals surface area contributed by atoms with Crippen LogP contribution < -0.4 is 10.6 Å². The monoisotopic (exact) mass is 318 g/mol. The molecule has 1 heterocycles. The van der Waals surface area contributed by atoms with Gasteiger partial charge in [-0.25, -0.2) is 4.79 Å². The van der Waals surface area contributed by atoms with Gasteiger partial charge < -0.3 is 20.5 Å². The van der Waals surface area contributed by atoms with Crippen molar-refractivity contribution in [2.45, 2.75) is 31.6 Å². The van der Waals surface area contributed by atoms with Crippen LogP contribution >= 0.6 is 0 Å². The summed E-state index contributed by atoms with van der Waals surface area (Å²) in [4.78, 5) is 12.1. The van der Waals surface area contributed by atoms with E-state index in [4.69, 9.17) is 4.74 Å². The Balaban J connectivity index is 1.55. The largest absolute Gasteiger partial charge is 0.396 e. The first-order valence-corrected chi connectivity index (χ1v) is 8.36. The standard InChI is InChI=1S/C18H26N2O3/c1-17(8-4-6-14-5-2-3-7-15(14)17)9-19-16(22)20-10-18(11-21)12-23-13-18/h2-3,5,7,21H,4,6,8-13H2,1H3,(H2,19,20,22). The highest BCUT2D eigenvalue weighted by atomic mass is 16.5. The fraction of sp³-hybridized carbons (Fsp3) is 0.611. The van der Waals surface area contributed by atoms with Crippen LogP contribution in [-0.2, 0) is 16.6 Å². The molecular formula is C18H26N2O3. The SMILES string of the molecule is CC1(CNC(=O)NCC2(CO)COC2)CCCc2ccccc21. The first-order valence-electron chi connectivity index (χ1n) is 8.36. The van der Waals surface area contributed by atoms with E-state index in [1.54, 1.807) is 0 Å². The Morgan fingerprint density at radius 1 is 1.26 bits per heavy atom. The fourth-order valence-electron chi connectivity index (χ4n) is 3.56. The Kier molecular flexibility index (Phi) is 4.60. The number of urea groups is 1. The van der Waals surface area contributed by atoms with Crippen molar-refractivity contribution in [1.29, 1.82) is 0 Å². The summed E-state index contributed by atoms with van der Waals surface area (Å²) in [7, 11) is 0. The van der Waals surface area contributed by atoms with Crippen LogP contribution in [0, 0.1) is 5.41 Å². The van der Waals surface area contributed by atoms with E-state index in [-0.39, 0.29) is 23.5 Å². The van der Waals surface area contributed by atoms with E-state index in [1.807, 2.05) is 0 Å². The number of amides is 2. The summed E-state index contributed by atoms with van der Waals surface area (Å²) in [6.45, 7) is 4.35. The molecule has 3 N–H and O–H groups in total. The van der Waals surface area contributed by atoms with Crippen molar-refractivity contribution in [3.63, 3.8) is 0 Å². The maximum Gasteiger partial charge on any atom is 0.314 e. The van der Waals surface area contributed by atoms with Gasteiger partial charge in [-0.05, 0) is 30.4 Å². The zero-order valence-electron chi connectivity index (χ0n) is 13.7. The smallest absolute Gasteiger partial charge is 0.314 e. The molecule has 0 bridgehead atoms. The van der Waals surface area contributed by atoms with Crippen LogP contribution in [0.1, 0.15) is 30.9 Å². The molecular weight excluding hydrogens is 292 g/mol. The summed E-state index contributed by atoms with van der Waals surface area (Å²) >= 11 is 0. The minimum Gasteiger partial charge on any atom is -0.396 e. The molecule has 126 valence electrons. The molecule has 1 fully saturated rings. The molecule has 2 amide bonds. The number of carbonyl (C=O) groups is 1. The molecule has 0 radical (unpaired) electrons. The summed E-state index contributed by atoms with van der Waals surface area (Å²) in [5.41, 5.74) is 2.44. The van der Waals surface area contributed by atoms with Gasteiger partial charge in [-0.2, -0.15) is 0 Å². The van der Waals surface area contributed by atoms with E-state index in [0.717, 1.165) is 19.3 Å². The zero-order valence-corrected chi connectivity index (χ0v) is 13.7. The Labute approximate surface area is 137 Å². The van der Waals surface area contributed by atoms with E-state index in [1.165, 1.54) is 11.1 Å². The number of carbonyl (C=O) groups excluding carboxylic acids is 1. The molecule has 23 heavy (non-hydrogen) atoms. The molecule has 1 aromatic rings. The molecule has 0 saturated carbocycles. The number of rotatable bonds is 5. The third kappa shape index (κ3) is 3.35. The highest BCUT2D eigenvalue weighted by molar-refractivity contribution is 5.74. The number of ether oxygens (including phenoxy) is 1. The second-order valence-electron chi connectivity index (χ2n) is 7.26. The molecule has 2 aliphatic rings. The number of nitrogens with one attached hydrogen (secondary N) is 2. The molecule has 0 aromatic heterocycles. The Hall–Kier alpha value is -1.59. The molecule has 0 spiro atoms. The average Bonchev–Trinajstić information content (AvgIpc) is 2.53. The number of fused-ring (bicyclic) bond motifs is 1.